The standard InChI is InChI=1S/C11H12N2O/c1-7-4-8-2-3-9(11(14)6-12)5-10(8)13-7/h2-5,13H,6,12H2,1H3. The highest BCUT2D eigenvalue weighted by molar-refractivity contribution is 6.00. The quantitative estimate of drug-likeness (QED) is 0.703. The molecule has 3 nitrogen and oxygen atoms in total. The van der Waals surface area contributed by atoms with E-state index in [1.165, 1.54) is 0 Å². The molecule has 0 saturated heterocycles. The number of aromatic nitrogens is 1. The number of aromatic amines is 1. The van der Waals surface area contributed by atoms with Gasteiger partial charge in [-0.1, -0.05) is 12.1 Å². The number of benzene rings is 1. The summed E-state index contributed by atoms with van der Waals surface area (Å²) in [5.41, 5.74) is 8.04. The van der Waals surface area contributed by atoms with Crippen LogP contribution in [0.15, 0.2) is 24.3 Å². The summed E-state index contributed by atoms with van der Waals surface area (Å²) in [7, 11) is 0. The number of ketones is 1. The van der Waals surface area contributed by atoms with Gasteiger partial charge in [-0.3, -0.25) is 4.79 Å². The van der Waals surface area contributed by atoms with Crippen LogP contribution in [-0.4, -0.2) is 17.3 Å². The number of aryl methyl sites for hydroxylation is 1. The van der Waals surface area contributed by atoms with Crippen molar-refractivity contribution in [2.24, 2.45) is 5.73 Å². The Bertz CT molecular complexity index is 485. The largest absolute Gasteiger partial charge is 0.359 e. The van der Waals surface area contributed by atoms with Gasteiger partial charge in [0.1, 0.15) is 0 Å². The minimum Gasteiger partial charge on any atom is -0.359 e. The van der Waals surface area contributed by atoms with Gasteiger partial charge in [0, 0.05) is 16.8 Å². The third-order valence-electron chi connectivity index (χ3n) is 2.26. The molecule has 0 atom stereocenters. The van der Waals surface area contributed by atoms with Crippen molar-refractivity contribution in [2.45, 2.75) is 6.92 Å². The fourth-order valence-electron chi connectivity index (χ4n) is 1.56. The Labute approximate surface area is 81.9 Å². The second-order valence-corrected chi connectivity index (χ2v) is 3.38. The molecule has 0 amide bonds. The van der Waals surface area contributed by atoms with Crippen LogP contribution < -0.4 is 5.73 Å². The van der Waals surface area contributed by atoms with Crippen molar-refractivity contribution >= 4 is 16.7 Å². The first-order valence-electron chi connectivity index (χ1n) is 4.53. The van der Waals surface area contributed by atoms with Crippen molar-refractivity contribution in [3.05, 3.63) is 35.5 Å². The van der Waals surface area contributed by atoms with Crippen LogP contribution in [0.2, 0.25) is 0 Å². The van der Waals surface area contributed by atoms with E-state index in [0.717, 1.165) is 16.6 Å². The molecule has 1 heterocycles. The molecule has 2 rings (SSSR count). The molecule has 0 spiro atoms. The topological polar surface area (TPSA) is 58.9 Å². The fourth-order valence-corrected chi connectivity index (χ4v) is 1.56. The number of carbonyl (C=O) groups is 1. The first kappa shape index (κ1) is 8.97. The van der Waals surface area contributed by atoms with Gasteiger partial charge in [0.25, 0.3) is 0 Å². The average molecular weight is 188 g/mol. The minimum absolute atomic E-state index is 0.0286. The molecule has 1 aromatic heterocycles. The molecule has 2 aromatic rings. The van der Waals surface area contributed by atoms with Gasteiger partial charge in [-0.25, -0.2) is 0 Å². The van der Waals surface area contributed by atoms with Crippen LogP contribution in [0.4, 0.5) is 0 Å². The highest BCUT2D eigenvalue weighted by Crippen LogP contribution is 2.16. The lowest BCUT2D eigenvalue weighted by Crippen LogP contribution is -2.13. The predicted molar refractivity (Wildman–Crippen MR) is 56.4 cm³/mol. The van der Waals surface area contributed by atoms with Crippen LogP contribution in [0.5, 0.6) is 0 Å². The van der Waals surface area contributed by atoms with Crippen molar-refractivity contribution in [1.82, 2.24) is 4.98 Å². The Balaban J connectivity index is 2.55. The molecule has 0 saturated carbocycles. The number of nitrogens with two attached hydrogens (primary N) is 1. The Morgan fingerprint density at radius 2 is 2.21 bits per heavy atom. The lowest BCUT2D eigenvalue weighted by atomic mass is 10.1. The number of hydrogen-bond acceptors (Lipinski definition) is 2. The molecule has 14 heavy (non-hydrogen) atoms. The van der Waals surface area contributed by atoms with Crippen LogP contribution in [0.3, 0.4) is 0 Å². The van der Waals surface area contributed by atoms with Gasteiger partial charge in [0.05, 0.1) is 6.54 Å². The molecule has 0 aliphatic rings. The van der Waals surface area contributed by atoms with E-state index in [1.807, 2.05) is 31.2 Å². The van der Waals surface area contributed by atoms with Crippen molar-refractivity contribution in [1.29, 1.82) is 0 Å². The molecule has 0 aliphatic heterocycles. The van der Waals surface area contributed by atoms with Crippen LogP contribution in [0.25, 0.3) is 10.9 Å². The number of Topliss-reactive ketones (excluding diaryl/α,β-unsaturated/α-hetero) is 1. The summed E-state index contributed by atoms with van der Waals surface area (Å²) >= 11 is 0. The summed E-state index contributed by atoms with van der Waals surface area (Å²) in [5, 5.41) is 1.12. The van der Waals surface area contributed by atoms with E-state index < -0.39 is 0 Å². The molecule has 3 N–H and O–H groups in total. The third kappa shape index (κ3) is 1.42. The van der Waals surface area contributed by atoms with Gasteiger partial charge in [-0.05, 0) is 24.4 Å². The summed E-state index contributed by atoms with van der Waals surface area (Å²) in [5.74, 6) is -0.0286. The van der Waals surface area contributed by atoms with E-state index in [4.69, 9.17) is 5.73 Å². The molecular weight excluding hydrogens is 176 g/mol. The number of rotatable bonds is 2. The van der Waals surface area contributed by atoms with E-state index in [-0.39, 0.29) is 12.3 Å². The molecule has 0 unspecified atom stereocenters. The summed E-state index contributed by atoms with van der Waals surface area (Å²) in [6, 6.07) is 7.64. The van der Waals surface area contributed by atoms with E-state index in [0.29, 0.717) is 5.56 Å². The highest BCUT2D eigenvalue weighted by atomic mass is 16.1. The third-order valence-corrected chi connectivity index (χ3v) is 2.26. The van der Waals surface area contributed by atoms with Gasteiger partial charge in [-0.2, -0.15) is 0 Å². The van der Waals surface area contributed by atoms with Gasteiger partial charge < -0.3 is 10.7 Å². The van der Waals surface area contributed by atoms with E-state index in [2.05, 4.69) is 4.98 Å². The molecule has 3 heteroatoms. The van der Waals surface area contributed by atoms with Crippen LogP contribution in [-0.2, 0) is 0 Å². The molecular formula is C11H12N2O. The number of fused-ring (bicyclic) bond motifs is 1. The second kappa shape index (κ2) is 3.27. The van der Waals surface area contributed by atoms with Gasteiger partial charge in [-0.15, -0.1) is 0 Å². The maximum absolute atomic E-state index is 11.3. The average Bonchev–Trinajstić information content (AvgIpc) is 2.55. The van der Waals surface area contributed by atoms with E-state index >= 15 is 0 Å². The normalized spacial score (nSPS) is 10.7. The van der Waals surface area contributed by atoms with Gasteiger partial charge >= 0.3 is 0 Å². The van der Waals surface area contributed by atoms with Crippen LogP contribution >= 0.6 is 0 Å². The maximum Gasteiger partial charge on any atom is 0.176 e. The Kier molecular flexibility index (Phi) is 2.09. The van der Waals surface area contributed by atoms with Crippen molar-refractivity contribution in [2.75, 3.05) is 6.54 Å². The zero-order valence-electron chi connectivity index (χ0n) is 8.00. The lowest BCUT2D eigenvalue weighted by molar-refractivity contribution is 0.100. The molecule has 1 aromatic carbocycles. The van der Waals surface area contributed by atoms with Gasteiger partial charge in [0.15, 0.2) is 5.78 Å². The van der Waals surface area contributed by atoms with Crippen molar-refractivity contribution < 1.29 is 4.79 Å². The van der Waals surface area contributed by atoms with Crippen molar-refractivity contribution in [3.63, 3.8) is 0 Å². The zero-order valence-corrected chi connectivity index (χ0v) is 8.00. The summed E-state index contributed by atoms with van der Waals surface area (Å²) in [6.45, 7) is 2.05. The van der Waals surface area contributed by atoms with Crippen LogP contribution in [0, 0.1) is 6.92 Å². The van der Waals surface area contributed by atoms with E-state index in [9.17, 15) is 4.79 Å². The molecule has 0 fully saturated rings. The van der Waals surface area contributed by atoms with Crippen molar-refractivity contribution in [3.8, 4) is 0 Å². The summed E-state index contributed by atoms with van der Waals surface area (Å²) < 4.78 is 0. The summed E-state index contributed by atoms with van der Waals surface area (Å²) in [4.78, 5) is 14.5. The van der Waals surface area contributed by atoms with Gasteiger partial charge in [0.2, 0.25) is 0 Å². The van der Waals surface area contributed by atoms with Crippen LogP contribution in [0.1, 0.15) is 16.1 Å². The number of nitrogens with one attached hydrogen (secondary N) is 1. The molecule has 0 aliphatic carbocycles. The number of carbonyl (C=O) groups excluding carboxylic acids is 1. The second-order valence-electron chi connectivity index (χ2n) is 3.38. The molecule has 0 radical (unpaired) electrons. The molecule has 72 valence electrons. The first-order valence-corrected chi connectivity index (χ1v) is 4.53. The highest BCUT2D eigenvalue weighted by Gasteiger charge is 2.04. The zero-order chi connectivity index (χ0) is 10.1. The predicted octanol–water partition coefficient (Wildman–Crippen LogP) is 1.62. The molecule has 0 bridgehead atoms. The Morgan fingerprint density at radius 1 is 1.43 bits per heavy atom. The maximum atomic E-state index is 11.3. The monoisotopic (exact) mass is 188 g/mol. The SMILES string of the molecule is Cc1cc2ccc(C(=O)CN)cc2[nH]1. The smallest absolute Gasteiger partial charge is 0.176 e. The number of hydrogen-bond donors (Lipinski definition) is 2. The van der Waals surface area contributed by atoms with E-state index in [1.54, 1.807) is 0 Å². The number of H-pyrrole nitrogens is 1. The Morgan fingerprint density at radius 3 is 2.93 bits per heavy atom. The minimum atomic E-state index is -0.0286. The first-order chi connectivity index (χ1) is 6.70. The summed E-state index contributed by atoms with van der Waals surface area (Å²) in [6.07, 6.45) is 0. The Hall–Kier alpha value is -1.61. The fraction of sp³-hybridized carbons (Fsp3) is 0.182. The lowest BCUT2D eigenvalue weighted by Gasteiger charge is -1.97.